The zero-order valence-electron chi connectivity index (χ0n) is 12.8. The third kappa shape index (κ3) is 2.98. The van der Waals surface area contributed by atoms with Crippen molar-refractivity contribution in [3.63, 3.8) is 0 Å². The van der Waals surface area contributed by atoms with Gasteiger partial charge in [0, 0.05) is 19.6 Å². The SMILES string of the molecule is Cc1nc2ccccc2n1CCNC(=O)[C@@H]1CC[C@H](CN)O1. The quantitative estimate of drug-likeness (QED) is 0.862. The minimum absolute atomic E-state index is 0.0237. The highest BCUT2D eigenvalue weighted by Crippen LogP contribution is 2.19. The molecule has 0 aliphatic carbocycles. The molecule has 1 aliphatic rings. The monoisotopic (exact) mass is 302 g/mol. The van der Waals surface area contributed by atoms with E-state index in [1.165, 1.54) is 0 Å². The van der Waals surface area contributed by atoms with Gasteiger partial charge in [-0.05, 0) is 31.9 Å². The molecule has 0 unspecified atom stereocenters. The molecule has 2 atom stereocenters. The largest absolute Gasteiger partial charge is 0.364 e. The first kappa shape index (κ1) is 15.0. The molecule has 1 fully saturated rings. The lowest BCUT2D eigenvalue weighted by Gasteiger charge is -2.13. The summed E-state index contributed by atoms with van der Waals surface area (Å²) in [6.45, 7) is 3.72. The number of carbonyl (C=O) groups is 1. The maximum atomic E-state index is 12.1. The Morgan fingerprint density at radius 3 is 3.05 bits per heavy atom. The van der Waals surface area contributed by atoms with E-state index in [0.29, 0.717) is 19.6 Å². The molecule has 6 nitrogen and oxygen atoms in total. The first-order chi connectivity index (χ1) is 10.7. The van der Waals surface area contributed by atoms with Gasteiger partial charge in [0.2, 0.25) is 5.91 Å². The van der Waals surface area contributed by atoms with Crippen molar-refractivity contribution in [1.29, 1.82) is 0 Å². The molecular weight excluding hydrogens is 280 g/mol. The Morgan fingerprint density at radius 2 is 2.27 bits per heavy atom. The van der Waals surface area contributed by atoms with Crippen LogP contribution in [0.25, 0.3) is 11.0 Å². The van der Waals surface area contributed by atoms with Crippen molar-refractivity contribution >= 4 is 16.9 Å². The number of imidazole rings is 1. The molecule has 2 heterocycles. The molecule has 1 aromatic carbocycles. The second-order valence-electron chi connectivity index (χ2n) is 5.65. The van der Waals surface area contributed by atoms with Gasteiger partial charge in [-0.1, -0.05) is 12.1 Å². The summed E-state index contributed by atoms with van der Waals surface area (Å²) in [7, 11) is 0. The number of aryl methyl sites for hydroxylation is 1. The van der Waals surface area contributed by atoms with Crippen molar-refractivity contribution in [1.82, 2.24) is 14.9 Å². The van der Waals surface area contributed by atoms with Gasteiger partial charge in [0.05, 0.1) is 17.1 Å². The molecule has 2 aromatic rings. The van der Waals surface area contributed by atoms with E-state index in [4.69, 9.17) is 10.5 Å². The number of hydrogen-bond donors (Lipinski definition) is 2. The number of carbonyl (C=O) groups excluding carboxylic acids is 1. The third-order valence-corrected chi connectivity index (χ3v) is 4.14. The number of nitrogens with one attached hydrogen (secondary N) is 1. The Morgan fingerprint density at radius 1 is 1.45 bits per heavy atom. The van der Waals surface area contributed by atoms with Gasteiger partial charge in [-0.25, -0.2) is 4.98 Å². The van der Waals surface area contributed by atoms with Crippen LogP contribution in [0.5, 0.6) is 0 Å². The van der Waals surface area contributed by atoms with E-state index in [9.17, 15) is 4.79 Å². The fourth-order valence-electron chi connectivity index (χ4n) is 2.95. The lowest BCUT2D eigenvalue weighted by atomic mass is 10.2. The van der Waals surface area contributed by atoms with Gasteiger partial charge in [-0.2, -0.15) is 0 Å². The summed E-state index contributed by atoms with van der Waals surface area (Å²) in [6, 6.07) is 8.02. The van der Waals surface area contributed by atoms with Gasteiger partial charge in [0.1, 0.15) is 11.9 Å². The van der Waals surface area contributed by atoms with Gasteiger partial charge in [-0.3, -0.25) is 4.79 Å². The molecule has 118 valence electrons. The van der Waals surface area contributed by atoms with Crippen LogP contribution in [0.1, 0.15) is 18.7 Å². The van der Waals surface area contributed by atoms with E-state index < -0.39 is 0 Å². The first-order valence-corrected chi connectivity index (χ1v) is 7.74. The van der Waals surface area contributed by atoms with E-state index in [1.807, 2.05) is 31.2 Å². The number of hydrogen-bond acceptors (Lipinski definition) is 4. The number of fused-ring (bicyclic) bond motifs is 1. The van der Waals surface area contributed by atoms with Crippen LogP contribution in [0.3, 0.4) is 0 Å². The molecule has 0 bridgehead atoms. The molecule has 1 amide bonds. The standard InChI is InChI=1S/C16H22N4O2/c1-11-19-13-4-2-3-5-14(13)20(11)9-8-18-16(21)15-7-6-12(10-17)22-15/h2-5,12,15H,6-10,17H2,1H3,(H,18,21)/t12-,15+/m1/s1. The molecule has 0 saturated carbocycles. The van der Waals surface area contributed by atoms with Crippen molar-refractivity contribution in [3.05, 3.63) is 30.1 Å². The van der Waals surface area contributed by atoms with Gasteiger partial charge in [-0.15, -0.1) is 0 Å². The molecule has 6 heteroatoms. The van der Waals surface area contributed by atoms with Crippen LogP contribution in [-0.2, 0) is 16.1 Å². The molecule has 22 heavy (non-hydrogen) atoms. The number of ether oxygens (including phenoxy) is 1. The maximum Gasteiger partial charge on any atom is 0.249 e. The summed E-state index contributed by atoms with van der Waals surface area (Å²) in [5.74, 6) is 0.911. The zero-order chi connectivity index (χ0) is 15.5. The Labute approximate surface area is 129 Å². The smallest absolute Gasteiger partial charge is 0.249 e. The van der Waals surface area contributed by atoms with Crippen molar-refractivity contribution < 1.29 is 9.53 Å². The van der Waals surface area contributed by atoms with Gasteiger partial charge < -0.3 is 20.4 Å². The average molecular weight is 302 g/mol. The molecular formula is C16H22N4O2. The van der Waals surface area contributed by atoms with E-state index in [-0.39, 0.29) is 18.1 Å². The number of nitrogens with two attached hydrogens (primary N) is 1. The molecule has 0 spiro atoms. The van der Waals surface area contributed by atoms with Crippen LogP contribution in [0.2, 0.25) is 0 Å². The van der Waals surface area contributed by atoms with Crippen LogP contribution in [0.15, 0.2) is 24.3 Å². The first-order valence-electron chi connectivity index (χ1n) is 7.74. The summed E-state index contributed by atoms with van der Waals surface area (Å²) in [4.78, 5) is 16.6. The third-order valence-electron chi connectivity index (χ3n) is 4.14. The number of para-hydroxylation sites is 2. The highest BCUT2D eigenvalue weighted by Gasteiger charge is 2.29. The molecule has 3 N–H and O–H groups in total. The lowest BCUT2D eigenvalue weighted by molar-refractivity contribution is -0.131. The van der Waals surface area contributed by atoms with Crippen LogP contribution < -0.4 is 11.1 Å². The maximum absolute atomic E-state index is 12.1. The van der Waals surface area contributed by atoms with Gasteiger partial charge >= 0.3 is 0 Å². The van der Waals surface area contributed by atoms with E-state index >= 15 is 0 Å². The van der Waals surface area contributed by atoms with Crippen LogP contribution in [0.4, 0.5) is 0 Å². The van der Waals surface area contributed by atoms with Gasteiger partial charge in [0.15, 0.2) is 0 Å². The predicted molar refractivity (Wildman–Crippen MR) is 84.4 cm³/mol. The predicted octanol–water partition coefficient (Wildman–Crippen LogP) is 0.967. The fraction of sp³-hybridized carbons (Fsp3) is 0.500. The minimum atomic E-state index is -0.353. The zero-order valence-corrected chi connectivity index (χ0v) is 12.8. The number of benzene rings is 1. The summed E-state index contributed by atoms with van der Waals surface area (Å²) in [5, 5.41) is 2.95. The average Bonchev–Trinajstić information content (AvgIpc) is 3.12. The van der Waals surface area contributed by atoms with Crippen LogP contribution >= 0.6 is 0 Å². The van der Waals surface area contributed by atoms with Crippen molar-refractivity contribution in [2.45, 2.75) is 38.5 Å². The molecule has 1 aromatic heterocycles. The van der Waals surface area contributed by atoms with Crippen LogP contribution in [-0.4, -0.2) is 40.8 Å². The Hall–Kier alpha value is -1.92. The summed E-state index contributed by atoms with van der Waals surface area (Å²) >= 11 is 0. The Bertz CT molecular complexity index is 667. The summed E-state index contributed by atoms with van der Waals surface area (Å²) in [5.41, 5.74) is 7.64. The molecule has 1 saturated heterocycles. The summed E-state index contributed by atoms with van der Waals surface area (Å²) in [6.07, 6.45) is 1.28. The second kappa shape index (κ2) is 6.46. The van der Waals surface area contributed by atoms with Gasteiger partial charge in [0.25, 0.3) is 0 Å². The second-order valence-corrected chi connectivity index (χ2v) is 5.65. The summed E-state index contributed by atoms with van der Waals surface area (Å²) < 4.78 is 7.72. The van der Waals surface area contributed by atoms with Crippen molar-refractivity contribution in [2.24, 2.45) is 5.73 Å². The molecule has 1 aliphatic heterocycles. The van der Waals surface area contributed by atoms with E-state index in [1.54, 1.807) is 0 Å². The van der Waals surface area contributed by atoms with Crippen molar-refractivity contribution in [2.75, 3.05) is 13.1 Å². The molecule has 0 radical (unpaired) electrons. The topological polar surface area (TPSA) is 82.2 Å². The lowest BCUT2D eigenvalue weighted by Crippen LogP contribution is -2.37. The van der Waals surface area contributed by atoms with E-state index in [2.05, 4.69) is 14.9 Å². The van der Waals surface area contributed by atoms with Crippen LogP contribution in [0, 0.1) is 6.92 Å². The minimum Gasteiger partial charge on any atom is -0.364 e. The number of rotatable bonds is 5. The Kier molecular flexibility index (Phi) is 4.40. The highest BCUT2D eigenvalue weighted by molar-refractivity contribution is 5.81. The molecule has 3 rings (SSSR count). The normalized spacial score (nSPS) is 21.4. The highest BCUT2D eigenvalue weighted by atomic mass is 16.5. The van der Waals surface area contributed by atoms with Crippen molar-refractivity contribution in [3.8, 4) is 0 Å². The fourth-order valence-corrected chi connectivity index (χ4v) is 2.95. The number of nitrogens with zero attached hydrogens (tertiary/aromatic N) is 2. The Balaban J connectivity index is 1.56. The number of aromatic nitrogens is 2. The van der Waals surface area contributed by atoms with E-state index in [0.717, 1.165) is 29.7 Å². The number of amides is 1.